The Morgan fingerprint density at radius 1 is 1.44 bits per heavy atom. The molecule has 0 unspecified atom stereocenters. The average Bonchev–Trinajstić information content (AvgIpc) is 2.67. The summed E-state index contributed by atoms with van der Waals surface area (Å²) in [6, 6.07) is 0. The fourth-order valence-corrected chi connectivity index (χ4v) is 3.52. The molecule has 0 atom stereocenters. The van der Waals surface area contributed by atoms with Gasteiger partial charge in [-0.05, 0) is 19.4 Å². The van der Waals surface area contributed by atoms with Crippen molar-refractivity contribution >= 4 is 9.84 Å². The number of sulfone groups is 1. The minimum atomic E-state index is -2.79. The summed E-state index contributed by atoms with van der Waals surface area (Å²) in [6.45, 7) is 0.598. The van der Waals surface area contributed by atoms with Gasteiger partial charge in [0.2, 0.25) is 0 Å². The van der Waals surface area contributed by atoms with E-state index in [-0.39, 0.29) is 17.4 Å². The highest BCUT2D eigenvalue weighted by Gasteiger charge is 2.26. The van der Waals surface area contributed by atoms with Crippen molar-refractivity contribution in [3.8, 4) is 0 Å². The summed E-state index contributed by atoms with van der Waals surface area (Å²) in [5, 5.41) is 0. The molecule has 2 rings (SSSR count). The Kier molecular flexibility index (Phi) is 3.30. The molecule has 0 bridgehead atoms. The number of H-pyrrole nitrogens is 1. The van der Waals surface area contributed by atoms with Crippen molar-refractivity contribution in [2.75, 3.05) is 18.1 Å². The van der Waals surface area contributed by atoms with Crippen LogP contribution in [0.1, 0.15) is 30.3 Å². The predicted molar refractivity (Wildman–Crippen MR) is 62.0 cm³/mol. The van der Waals surface area contributed by atoms with Gasteiger partial charge in [-0.3, -0.25) is 0 Å². The predicted octanol–water partition coefficient (Wildman–Crippen LogP) is 0.203. The Bertz CT molecular complexity index is 438. The third-order valence-electron chi connectivity index (χ3n) is 3.00. The zero-order valence-corrected chi connectivity index (χ0v) is 9.96. The fourth-order valence-electron chi connectivity index (χ4n) is 2.03. The van der Waals surface area contributed by atoms with Crippen LogP contribution in [0.5, 0.6) is 0 Å². The number of aromatic nitrogens is 2. The van der Waals surface area contributed by atoms with Gasteiger partial charge < -0.3 is 10.7 Å². The van der Waals surface area contributed by atoms with E-state index in [4.69, 9.17) is 5.73 Å². The van der Waals surface area contributed by atoms with E-state index in [0.29, 0.717) is 19.4 Å². The number of aromatic amines is 1. The second-order valence-electron chi connectivity index (χ2n) is 4.26. The van der Waals surface area contributed by atoms with Crippen molar-refractivity contribution in [1.82, 2.24) is 9.97 Å². The van der Waals surface area contributed by atoms with Crippen LogP contribution in [0.25, 0.3) is 0 Å². The van der Waals surface area contributed by atoms with E-state index in [9.17, 15) is 8.42 Å². The molecule has 0 saturated carbocycles. The van der Waals surface area contributed by atoms with Gasteiger partial charge in [-0.1, -0.05) is 0 Å². The molecule has 0 aromatic carbocycles. The maximum absolute atomic E-state index is 11.3. The summed E-state index contributed by atoms with van der Waals surface area (Å²) in [5.41, 5.74) is 6.49. The lowest BCUT2D eigenvalue weighted by Gasteiger charge is -2.19. The summed E-state index contributed by atoms with van der Waals surface area (Å²) in [4.78, 5) is 7.53. The third kappa shape index (κ3) is 2.62. The molecule has 3 N–H and O–H groups in total. The highest BCUT2D eigenvalue weighted by atomic mass is 32.2. The number of hydrogen-bond acceptors (Lipinski definition) is 4. The van der Waals surface area contributed by atoms with Crippen LogP contribution in [0.2, 0.25) is 0 Å². The van der Waals surface area contributed by atoms with E-state index in [1.54, 1.807) is 6.20 Å². The first-order valence-corrected chi connectivity index (χ1v) is 7.37. The van der Waals surface area contributed by atoms with Crippen molar-refractivity contribution in [3.05, 3.63) is 17.7 Å². The maximum Gasteiger partial charge on any atom is 0.150 e. The normalized spacial score (nSPS) is 21.1. The monoisotopic (exact) mass is 243 g/mol. The van der Waals surface area contributed by atoms with Crippen LogP contribution < -0.4 is 5.73 Å². The van der Waals surface area contributed by atoms with E-state index >= 15 is 0 Å². The van der Waals surface area contributed by atoms with Crippen LogP contribution in [0.15, 0.2) is 6.20 Å². The molecule has 90 valence electrons. The highest BCUT2D eigenvalue weighted by molar-refractivity contribution is 7.91. The van der Waals surface area contributed by atoms with Crippen molar-refractivity contribution < 1.29 is 8.42 Å². The first kappa shape index (κ1) is 11.6. The van der Waals surface area contributed by atoms with E-state index in [1.165, 1.54) is 0 Å². The summed E-state index contributed by atoms with van der Waals surface area (Å²) >= 11 is 0. The molecule has 1 aliphatic heterocycles. The lowest BCUT2D eigenvalue weighted by atomic mass is 10.0. The molecule has 0 amide bonds. The summed E-state index contributed by atoms with van der Waals surface area (Å²) in [5.74, 6) is 1.74. The van der Waals surface area contributed by atoms with Crippen LogP contribution in [-0.4, -0.2) is 36.4 Å². The molecule has 0 aliphatic carbocycles. The molecular formula is C10H17N3O2S. The maximum atomic E-state index is 11.3. The van der Waals surface area contributed by atoms with Gasteiger partial charge in [0.1, 0.15) is 15.7 Å². The van der Waals surface area contributed by atoms with Gasteiger partial charge in [-0.25, -0.2) is 13.4 Å². The molecule has 0 spiro atoms. The fraction of sp³-hybridized carbons (Fsp3) is 0.700. The lowest BCUT2D eigenvalue weighted by molar-refractivity contribution is 0.539. The Hall–Kier alpha value is -0.880. The van der Waals surface area contributed by atoms with Crippen LogP contribution >= 0.6 is 0 Å². The first-order valence-electron chi connectivity index (χ1n) is 5.55. The Morgan fingerprint density at radius 3 is 2.75 bits per heavy atom. The zero-order valence-electron chi connectivity index (χ0n) is 9.15. The number of nitrogens with two attached hydrogens (primary N) is 1. The van der Waals surface area contributed by atoms with Gasteiger partial charge in [-0.2, -0.15) is 0 Å². The van der Waals surface area contributed by atoms with Gasteiger partial charge in [-0.15, -0.1) is 0 Å². The first-order chi connectivity index (χ1) is 7.61. The van der Waals surface area contributed by atoms with E-state index < -0.39 is 9.84 Å². The van der Waals surface area contributed by atoms with E-state index in [0.717, 1.165) is 17.9 Å². The average molecular weight is 243 g/mol. The van der Waals surface area contributed by atoms with Crippen LogP contribution in [0, 0.1) is 0 Å². The lowest BCUT2D eigenvalue weighted by Crippen LogP contribution is -2.22. The molecule has 1 aliphatic rings. The van der Waals surface area contributed by atoms with Gasteiger partial charge in [0.25, 0.3) is 0 Å². The van der Waals surface area contributed by atoms with Gasteiger partial charge >= 0.3 is 0 Å². The van der Waals surface area contributed by atoms with Gasteiger partial charge in [0.15, 0.2) is 0 Å². The van der Waals surface area contributed by atoms with Crippen LogP contribution in [-0.2, 0) is 16.3 Å². The topological polar surface area (TPSA) is 88.8 Å². The zero-order chi connectivity index (χ0) is 11.6. The van der Waals surface area contributed by atoms with Crippen LogP contribution in [0.4, 0.5) is 0 Å². The molecule has 1 aromatic heterocycles. The number of nitrogens with zero attached hydrogens (tertiary/aromatic N) is 1. The summed E-state index contributed by atoms with van der Waals surface area (Å²) in [6.07, 6.45) is 3.94. The molecule has 1 saturated heterocycles. The molecule has 1 fully saturated rings. The smallest absolute Gasteiger partial charge is 0.150 e. The van der Waals surface area contributed by atoms with Crippen molar-refractivity contribution in [1.29, 1.82) is 0 Å². The minimum absolute atomic E-state index is 0.259. The SMILES string of the molecule is NCCc1cnc(C2CCS(=O)(=O)CC2)[nH]1. The highest BCUT2D eigenvalue weighted by Crippen LogP contribution is 2.26. The second kappa shape index (κ2) is 4.55. The van der Waals surface area contributed by atoms with Crippen molar-refractivity contribution in [2.24, 2.45) is 5.73 Å². The third-order valence-corrected chi connectivity index (χ3v) is 4.72. The molecule has 2 heterocycles. The Morgan fingerprint density at radius 2 is 2.12 bits per heavy atom. The number of hydrogen-bond donors (Lipinski definition) is 2. The Labute approximate surface area is 95.4 Å². The standard InChI is InChI=1S/C10H17N3O2S/c11-4-1-9-7-12-10(13-9)8-2-5-16(14,15)6-3-8/h7-8H,1-6,11H2,(H,12,13). The van der Waals surface area contributed by atoms with Gasteiger partial charge in [0, 0.05) is 24.2 Å². The largest absolute Gasteiger partial charge is 0.346 e. The minimum Gasteiger partial charge on any atom is -0.346 e. The molecule has 16 heavy (non-hydrogen) atoms. The van der Waals surface area contributed by atoms with Crippen LogP contribution in [0.3, 0.4) is 0 Å². The molecule has 6 heteroatoms. The van der Waals surface area contributed by atoms with E-state index in [1.807, 2.05) is 0 Å². The van der Waals surface area contributed by atoms with E-state index in [2.05, 4.69) is 9.97 Å². The number of rotatable bonds is 3. The molecule has 0 radical (unpaired) electrons. The molecule has 1 aromatic rings. The molecule has 5 nitrogen and oxygen atoms in total. The van der Waals surface area contributed by atoms with Gasteiger partial charge in [0.05, 0.1) is 11.5 Å². The summed E-state index contributed by atoms with van der Waals surface area (Å²) in [7, 11) is -2.79. The number of nitrogens with one attached hydrogen (secondary N) is 1. The van der Waals surface area contributed by atoms with Crippen molar-refractivity contribution in [2.45, 2.75) is 25.2 Å². The Balaban J connectivity index is 2.02. The van der Waals surface area contributed by atoms with Crippen molar-refractivity contribution in [3.63, 3.8) is 0 Å². The molecular weight excluding hydrogens is 226 g/mol. The quantitative estimate of drug-likeness (QED) is 0.794. The summed E-state index contributed by atoms with van der Waals surface area (Å²) < 4.78 is 22.6. The second-order valence-corrected chi connectivity index (χ2v) is 6.56. The number of imidazole rings is 1.